The van der Waals surface area contributed by atoms with Crippen LogP contribution in [0.3, 0.4) is 0 Å². The highest BCUT2D eigenvalue weighted by atomic mass is 16.5. The van der Waals surface area contributed by atoms with Crippen LogP contribution < -0.4 is 9.47 Å². The normalized spacial score (nSPS) is 17.1. The summed E-state index contributed by atoms with van der Waals surface area (Å²) in [7, 11) is 1.69. The molecule has 0 bridgehead atoms. The molecule has 4 heteroatoms. The van der Waals surface area contributed by atoms with E-state index in [1.165, 1.54) is 16.7 Å². The molecule has 0 aromatic heterocycles. The monoisotopic (exact) mass is 389 g/mol. The molecule has 1 heterocycles. The van der Waals surface area contributed by atoms with Gasteiger partial charge in [0.1, 0.15) is 18.1 Å². The Balaban J connectivity index is 1.32. The Hall–Kier alpha value is -2.82. The van der Waals surface area contributed by atoms with Crippen LogP contribution in [0.4, 0.5) is 0 Å². The van der Waals surface area contributed by atoms with Crippen molar-refractivity contribution in [1.82, 2.24) is 4.90 Å². The summed E-state index contributed by atoms with van der Waals surface area (Å²) < 4.78 is 17.2. The molecule has 0 amide bonds. The zero-order chi connectivity index (χ0) is 19.9. The van der Waals surface area contributed by atoms with Crippen LogP contribution in [-0.4, -0.2) is 31.7 Å². The predicted octanol–water partition coefficient (Wildman–Crippen LogP) is 4.85. The standard InChI is InChI=1S/C25H27NO3/c1-27-23-11-7-20(8-12-23)17-26-15-16-28-25(18-26)22-9-13-24(14-10-22)29-19-21-5-3-2-4-6-21/h2-14,25H,15-19H2,1H3/t25-/m0/s1. The molecule has 3 aromatic rings. The van der Waals surface area contributed by atoms with Crippen molar-refractivity contribution in [2.75, 3.05) is 26.8 Å². The molecule has 29 heavy (non-hydrogen) atoms. The molecule has 0 saturated carbocycles. The minimum absolute atomic E-state index is 0.0881. The highest BCUT2D eigenvalue weighted by Crippen LogP contribution is 2.26. The van der Waals surface area contributed by atoms with Crippen molar-refractivity contribution >= 4 is 0 Å². The lowest BCUT2D eigenvalue weighted by Gasteiger charge is -2.33. The highest BCUT2D eigenvalue weighted by Gasteiger charge is 2.22. The molecule has 1 fully saturated rings. The van der Waals surface area contributed by atoms with Crippen molar-refractivity contribution in [2.45, 2.75) is 19.3 Å². The third-order valence-electron chi connectivity index (χ3n) is 5.22. The number of rotatable bonds is 7. The topological polar surface area (TPSA) is 30.9 Å². The largest absolute Gasteiger partial charge is 0.497 e. The summed E-state index contributed by atoms with van der Waals surface area (Å²) in [6.07, 6.45) is 0.0881. The summed E-state index contributed by atoms with van der Waals surface area (Å²) in [6.45, 7) is 4.07. The zero-order valence-electron chi connectivity index (χ0n) is 16.8. The van der Waals surface area contributed by atoms with E-state index in [2.05, 4.69) is 41.3 Å². The molecular formula is C25H27NO3. The van der Waals surface area contributed by atoms with Crippen molar-refractivity contribution in [3.05, 3.63) is 95.6 Å². The molecule has 150 valence electrons. The number of methoxy groups -OCH3 is 1. The summed E-state index contributed by atoms with van der Waals surface area (Å²) in [5.41, 5.74) is 3.65. The molecule has 0 aliphatic carbocycles. The minimum Gasteiger partial charge on any atom is -0.497 e. The van der Waals surface area contributed by atoms with Gasteiger partial charge in [-0.15, -0.1) is 0 Å². The van der Waals surface area contributed by atoms with Crippen molar-refractivity contribution < 1.29 is 14.2 Å². The Labute approximate surface area is 172 Å². The van der Waals surface area contributed by atoms with Crippen LogP contribution in [0, 0.1) is 0 Å². The van der Waals surface area contributed by atoms with Gasteiger partial charge in [-0.2, -0.15) is 0 Å². The maximum absolute atomic E-state index is 6.04. The molecule has 3 aromatic carbocycles. The second kappa shape index (κ2) is 9.59. The highest BCUT2D eigenvalue weighted by molar-refractivity contribution is 5.30. The van der Waals surface area contributed by atoms with Gasteiger partial charge in [-0.1, -0.05) is 54.6 Å². The van der Waals surface area contributed by atoms with Crippen molar-refractivity contribution in [2.24, 2.45) is 0 Å². The van der Waals surface area contributed by atoms with E-state index in [-0.39, 0.29) is 6.10 Å². The average molecular weight is 389 g/mol. The van der Waals surface area contributed by atoms with E-state index in [9.17, 15) is 0 Å². The van der Waals surface area contributed by atoms with E-state index in [0.717, 1.165) is 37.7 Å². The molecule has 4 rings (SSSR count). The van der Waals surface area contributed by atoms with Gasteiger partial charge in [0.05, 0.1) is 19.8 Å². The zero-order valence-corrected chi connectivity index (χ0v) is 16.8. The first-order chi connectivity index (χ1) is 14.3. The summed E-state index contributed by atoms with van der Waals surface area (Å²) in [6, 6.07) is 26.8. The molecule has 1 aliphatic heterocycles. The van der Waals surface area contributed by atoms with Crippen molar-refractivity contribution in [1.29, 1.82) is 0 Å². The maximum atomic E-state index is 6.04. The van der Waals surface area contributed by atoms with Crippen LogP contribution in [-0.2, 0) is 17.9 Å². The van der Waals surface area contributed by atoms with Gasteiger partial charge in [-0.25, -0.2) is 0 Å². The molecule has 4 nitrogen and oxygen atoms in total. The lowest BCUT2D eigenvalue weighted by Crippen LogP contribution is -2.37. The number of hydrogen-bond acceptors (Lipinski definition) is 4. The lowest BCUT2D eigenvalue weighted by atomic mass is 10.1. The van der Waals surface area contributed by atoms with E-state index in [4.69, 9.17) is 14.2 Å². The molecule has 0 spiro atoms. The van der Waals surface area contributed by atoms with Gasteiger partial charge < -0.3 is 14.2 Å². The number of ether oxygens (including phenoxy) is 3. The van der Waals surface area contributed by atoms with Gasteiger partial charge in [0, 0.05) is 19.6 Å². The minimum atomic E-state index is 0.0881. The molecule has 1 saturated heterocycles. The fourth-order valence-corrected chi connectivity index (χ4v) is 3.56. The smallest absolute Gasteiger partial charge is 0.119 e. The third-order valence-corrected chi connectivity index (χ3v) is 5.22. The quantitative estimate of drug-likeness (QED) is 0.578. The lowest BCUT2D eigenvalue weighted by molar-refractivity contribution is -0.0329. The van der Waals surface area contributed by atoms with Gasteiger partial charge in [0.2, 0.25) is 0 Å². The first-order valence-corrected chi connectivity index (χ1v) is 10.0. The first kappa shape index (κ1) is 19.5. The Morgan fingerprint density at radius 1 is 0.862 bits per heavy atom. The van der Waals surface area contributed by atoms with Gasteiger partial charge in [-0.05, 0) is 41.0 Å². The Kier molecular flexibility index (Phi) is 6.45. The maximum Gasteiger partial charge on any atom is 0.119 e. The van der Waals surface area contributed by atoms with Crippen LogP contribution in [0.1, 0.15) is 22.8 Å². The van der Waals surface area contributed by atoms with E-state index < -0.39 is 0 Å². The van der Waals surface area contributed by atoms with E-state index in [0.29, 0.717) is 6.61 Å². The Morgan fingerprint density at radius 2 is 1.59 bits per heavy atom. The first-order valence-electron chi connectivity index (χ1n) is 10.0. The number of nitrogens with zero attached hydrogens (tertiary/aromatic N) is 1. The van der Waals surface area contributed by atoms with Crippen LogP contribution in [0.15, 0.2) is 78.9 Å². The number of hydrogen-bond donors (Lipinski definition) is 0. The van der Waals surface area contributed by atoms with Crippen molar-refractivity contribution in [3.8, 4) is 11.5 Å². The van der Waals surface area contributed by atoms with Crippen molar-refractivity contribution in [3.63, 3.8) is 0 Å². The van der Waals surface area contributed by atoms with E-state index >= 15 is 0 Å². The second-order valence-corrected chi connectivity index (χ2v) is 7.29. The summed E-state index contributed by atoms with van der Waals surface area (Å²) >= 11 is 0. The van der Waals surface area contributed by atoms with Gasteiger partial charge >= 0.3 is 0 Å². The predicted molar refractivity (Wildman–Crippen MR) is 114 cm³/mol. The van der Waals surface area contributed by atoms with E-state index in [1.807, 2.05) is 42.5 Å². The third kappa shape index (κ3) is 5.37. The second-order valence-electron chi connectivity index (χ2n) is 7.29. The molecule has 1 atom stereocenters. The fourth-order valence-electron chi connectivity index (χ4n) is 3.56. The van der Waals surface area contributed by atoms with Gasteiger partial charge in [0.15, 0.2) is 0 Å². The average Bonchev–Trinajstić information content (AvgIpc) is 2.79. The van der Waals surface area contributed by atoms with Gasteiger partial charge in [0.25, 0.3) is 0 Å². The summed E-state index contributed by atoms with van der Waals surface area (Å²) in [4.78, 5) is 2.44. The SMILES string of the molecule is COc1ccc(CN2CCO[C@H](c3ccc(OCc4ccccc4)cc3)C2)cc1. The van der Waals surface area contributed by atoms with Crippen LogP contribution in [0.5, 0.6) is 11.5 Å². The number of morpholine rings is 1. The molecule has 0 unspecified atom stereocenters. The Morgan fingerprint density at radius 3 is 2.31 bits per heavy atom. The summed E-state index contributed by atoms with van der Waals surface area (Å²) in [5.74, 6) is 1.77. The van der Waals surface area contributed by atoms with Crippen LogP contribution in [0.25, 0.3) is 0 Å². The van der Waals surface area contributed by atoms with Gasteiger partial charge in [-0.3, -0.25) is 4.90 Å². The van der Waals surface area contributed by atoms with E-state index in [1.54, 1.807) is 7.11 Å². The molecule has 0 radical (unpaired) electrons. The molecular weight excluding hydrogens is 362 g/mol. The Bertz CT molecular complexity index is 878. The number of benzene rings is 3. The van der Waals surface area contributed by atoms with Crippen LogP contribution in [0.2, 0.25) is 0 Å². The van der Waals surface area contributed by atoms with Crippen LogP contribution >= 0.6 is 0 Å². The fraction of sp³-hybridized carbons (Fsp3) is 0.280. The molecule has 0 N–H and O–H groups in total. The molecule has 1 aliphatic rings. The summed E-state index contributed by atoms with van der Waals surface area (Å²) in [5, 5.41) is 0.